The van der Waals surface area contributed by atoms with E-state index >= 15 is 0 Å². The van der Waals surface area contributed by atoms with Gasteiger partial charge in [0.25, 0.3) is 5.92 Å². The van der Waals surface area contributed by atoms with Gasteiger partial charge in [-0.1, -0.05) is 30.3 Å². The number of carbonyl (C=O) groups is 2. The molecule has 0 aliphatic carbocycles. The maximum atomic E-state index is 13.1. The van der Waals surface area contributed by atoms with Crippen LogP contribution < -0.4 is 16.4 Å². The smallest absolute Gasteiger partial charge is 0.277 e. The minimum atomic E-state index is -3.16. The van der Waals surface area contributed by atoms with Crippen LogP contribution in [0.3, 0.4) is 0 Å². The topological polar surface area (TPSA) is 84.2 Å². The summed E-state index contributed by atoms with van der Waals surface area (Å²) in [6.45, 7) is -1.68. The molecule has 0 saturated heterocycles. The zero-order chi connectivity index (χ0) is 18.0. The van der Waals surface area contributed by atoms with Crippen molar-refractivity contribution in [1.29, 1.82) is 0 Å². The molecule has 1 aromatic rings. The zero-order valence-electron chi connectivity index (χ0n) is 13.6. The molecule has 4 N–H and O–H groups in total. The van der Waals surface area contributed by atoms with Crippen LogP contribution in [0.5, 0.6) is 0 Å². The number of amides is 2. The highest BCUT2D eigenvalue weighted by atomic mass is 32.2. The Kier molecular flexibility index (Phi) is 8.70. The molecule has 1 atom stereocenters. The molecule has 0 bridgehead atoms. The first-order chi connectivity index (χ1) is 11.4. The fourth-order valence-electron chi connectivity index (χ4n) is 1.94. The molecule has 0 aliphatic heterocycles. The Bertz CT molecular complexity index is 529. The van der Waals surface area contributed by atoms with Crippen LogP contribution in [0.4, 0.5) is 8.78 Å². The Morgan fingerprint density at radius 3 is 2.54 bits per heavy atom. The molecule has 0 spiro atoms. The van der Waals surface area contributed by atoms with Crippen molar-refractivity contribution >= 4 is 23.6 Å². The summed E-state index contributed by atoms with van der Waals surface area (Å²) in [5.74, 6) is -3.49. The molecule has 0 heterocycles. The molecule has 1 unspecified atom stereocenters. The van der Waals surface area contributed by atoms with Crippen LogP contribution in [0.15, 0.2) is 30.3 Å². The molecule has 1 rings (SSSR count). The van der Waals surface area contributed by atoms with Gasteiger partial charge >= 0.3 is 0 Å². The van der Waals surface area contributed by atoms with E-state index in [2.05, 4.69) is 10.6 Å². The zero-order valence-corrected chi connectivity index (χ0v) is 14.4. The summed E-state index contributed by atoms with van der Waals surface area (Å²) in [6.07, 6.45) is 2.36. The highest BCUT2D eigenvalue weighted by Gasteiger charge is 2.29. The van der Waals surface area contributed by atoms with Crippen molar-refractivity contribution < 1.29 is 18.4 Å². The van der Waals surface area contributed by atoms with Crippen molar-refractivity contribution in [2.45, 2.75) is 24.8 Å². The number of alkyl halides is 2. The number of rotatable bonds is 10. The van der Waals surface area contributed by atoms with Gasteiger partial charge in [0.2, 0.25) is 11.8 Å². The summed E-state index contributed by atoms with van der Waals surface area (Å²) >= 11 is 1.51. The summed E-state index contributed by atoms with van der Waals surface area (Å²) < 4.78 is 26.3. The molecule has 0 aromatic heterocycles. The van der Waals surface area contributed by atoms with Crippen molar-refractivity contribution in [2.75, 3.05) is 25.1 Å². The van der Waals surface area contributed by atoms with Gasteiger partial charge < -0.3 is 16.4 Å². The summed E-state index contributed by atoms with van der Waals surface area (Å²) in [4.78, 5) is 24.2. The van der Waals surface area contributed by atoms with Crippen LogP contribution in [0.1, 0.15) is 12.0 Å². The first-order valence-corrected chi connectivity index (χ1v) is 8.95. The van der Waals surface area contributed by atoms with Crippen LogP contribution >= 0.6 is 11.8 Å². The molecular formula is C16H23F2N3O2S. The molecule has 0 radical (unpaired) electrons. The van der Waals surface area contributed by atoms with Gasteiger partial charge in [0, 0.05) is 0 Å². The van der Waals surface area contributed by atoms with Crippen LogP contribution in [0.2, 0.25) is 0 Å². The quantitative estimate of drug-likeness (QED) is 0.586. The van der Waals surface area contributed by atoms with Crippen molar-refractivity contribution in [3.05, 3.63) is 35.9 Å². The van der Waals surface area contributed by atoms with Crippen molar-refractivity contribution in [1.82, 2.24) is 10.6 Å². The second kappa shape index (κ2) is 10.2. The number of carbonyl (C=O) groups excluding carboxylic acids is 2. The Balaban J connectivity index is 2.60. The molecular weight excluding hydrogens is 336 g/mol. The fraction of sp³-hybridized carbons (Fsp3) is 0.500. The van der Waals surface area contributed by atoms with Crippen LogP contribution in [-0.4, -0.2) is 48.9 Å². The molecule has 1 aromatic carbocycles. The van der Waals surface area contributed by atoms with Crippen molar-refractivity contribution in [3.63, 3.8) is 0 Å². The standard InChI is InChI=1S/C16H23F2N3O2S/c1-24-8-7-13(15(23)20-11-16(17,18)10-19)21-14(22)9-12-5-3-2-4-6-12/h2-6,13H,7-11,19H2,1H3,(H,20,23)(H,21,22). The minimum Gasteiger partial charge on any atom is -0.348 e. The number of nitrogens with two attached hydrogens (primary N) is 1. The average molecular weight is 359 g/mol. The molecule has 0 fully saturated rings. The van der Waals surface area contributed by atoms with Gasteiger partial charge in [-0.2, -0.15) is 11.8 Å². The van der Waals surface area contributed by atoms with E-state index in [9.17, 15) is 18.4 Å². The van der Waals surface area contributed by atoms with E-state index in [0.29, 0.717) is 12.2 Å². The van der Waals surface area contributed by atoms with Gasteiger partial charge in [-0.05, 0) is 24.0 Å². The SMILES string of the molecule is CSCCC(NC(=O)Cc1ccccc1)C(=O)NCC(F)(F)CN. The maximum absolute atomic E-state index is 13.1. The van der Waals surface area contributed by atoms with E-state index in [1.807, 2.05) is 24.5 Å². The third-order valence-corrected chi connectivity index (χ3v) is 3.93. The van der Waals surface area contributed by atoms with E-state index in [-0.39, 0.29) is 12.3 Å². The van der Waals surface area contributed by atoms with Gasteiger partial charge in [-0.15, -0.1) is 0 Å². The predicted octanol–water partition coefficient (Wildman–Crippen LogP) is 1.18. The number of halogens is 2. The largest absolute Gasteiger partial charge is 0.348 e. The lowest BCUT2D eigenvalue weighted by molar-refractivity contribution is -0.129. The number of nitrogens with one attached hydrogen (secondary N) is 2. The molecule has 8 heteroatoms. The Morgan fingerprint density at radius 1 is 1.29 bits per heavy atom. The molecule has 134 valence electrons. The van der Waals surface area contributed by atoms with Crippen molar-refractivity contribution in [2.24, 2.45) is 5.73 Å². The summed E-state index contributed by atoms with van der Waals surface area (Å²) in [5, 5.41) is 4.77. The number of hydrogen-bond acceptors (Lipinski definition) is 4. The normalized spacial score (nSPS) is 12.5. The second-order valence-electron chi connectivity index (χ2n) is 5.34. The summed E-state index contributed by atoms with van der Waals surface area (Å²) in [7, 11) is 0. The lowest BCUT2D eigenvalue weighted by atomic mass is 10.1. The number of thioether (sulfide) groups is 1. The van der Waals surface area contributed by atoms with E-state index < -0.39 is 31.0 Å². The molecule has 5 nitrogen and oxygen atoms in total. The highest BCUT2D eigenvalue weighted by molar-refractivity contribution is 7.98. The third kappa shape index (κ3) is 7.74. The Labute approximate surface area is 144 Å². The van der Waals surface area contributed by atoms with E-state index in [0.717, 1.165) is 5.56 Å². The lowest BCUT2D eigenvalue weighted by Gasteiger charge is -2.20. The van der Waals surface area contributed by atoms with Gasteiger partial charge in [-0.3, -0.25) is 9.59 Å². The van der Waals surface area contributed by atoms with E-state index in [4.69, 9.17) is 5.73 Å². The van der Waals surface area contributed by atoms with E-state index in [1.54, 1.807) is 12.1 Å². The Hall–Kier alpha value is -1.67. The van der Waals surface area contributed by atoms with Gasteiger partial charge in [0.1, 0.15) is 6.04 Å². The summed E-state index contributed by atoms with van der Waals surface area (Å²) in [5.41, 5.74) is 5.75. The minimum absolute atomic E-state index is 0.128. The average Bonchev–Trinajstić information content (AvgIpc) is 2.57. The monoisotopic (exact) mass is 359 g/mol. The van der Waals surface area contributed by atoms with Gasteiger partial charge in [-0.25, -0.2) is 8.78 Å². The van der Waals surface area contributed by atoms with Crippen LogP contribution in [-0.2, 0) is 16.0 Å². The maximum Gasteiger partial charge on any atom is 0.277 e. The van der Waals surface area contributed by atoms with Gasteiger partial charge in [0.05, 0.1) is 19.5 Å². The van der Waals surface area contributed by atoms with Gasteiger partial charge in [0.15, 0.2) is 0 Å². The number of hydrogen-bond donors (Lipinski definition) is 3. The molecule has 24 heavy (non-hydrogen) atoms. The van der Waals surface area contributed by atoms with Crippen molar-refractivity contribution in [3.8, 4) is 0 Å². The van der Waals surface area contributed by atoms with Crippen LogP contribution in [0.25, 0.3) is 0 Å². The fourth-order valence-corrected chi connectivity index (χ4v) is 2.41. The van der Waals surface area contributed by atoms with E-state index in [1.165, 1.54) is 11.8 Å². The lowest BCUT2D eigenvalue weighted by Crippen LogP contribution is -2.51. The number of benzene rings is 1. The first kappa shape index (κ1) is 20.4. The molecule has 0 aliphatic rings. The first-order valence-electron chi connectivity index (χ1n) is 7.56. The molecule has 2 amide bonds. The highest BCUT2D eigenvalue weighted by Crippen LogP contribution is 2.09. The predicted molar refractivity (Wildman–Crippen MR) is 92.1 cm³/mol. The molecule has 0 saturated carbocycles. The van der Waals surface area contributed by atoms with Crippen LogP contribution in [0, 0.1) is 0 Å². The summed E-state index contributed by atoms with van der Waals surface area (Å²) in [6, 6.07) is 8.23. The Morgan fingerprint density at radius 2 is 1.96 bits per heavy atom. The second-order valence-corrected chi connectivity index (χ2v) is 6.33. The third-order valence-electron chi connectivity index (χ3n) is 3.29.